The van der Waals surface area contributed by atoms with Gasteiger partial charge in [-0.3, -0.25) is 0 Å². The van der Waals surface area contributed by atoms with E-state index in [9.17, 15) is 21.6 Å². The van der Waals surface area contributed by atoms with Gasteiger partial charge in [-0.2, -0.15) is 13.2 Å². The van der Waals surface area contributed by atoms with Crippen molar-refractivity contribution in [2.75, 3.05) is 11.6 Å². The fourth-order valence-corrected chi connectivity index (χ4v) is 4.32. The Hall–Kier alpha value is -0.950. The molecule has 1 aliphatic carbocycles. The molecule has 1 fully saturated rings. The van der Waals surface area contributed by atoms with Gasteiger partial charge in [0.2, 0.25) is 0 Å². The Morgan fingerprint density at radius 3 is 2.52 bits per heavy atom. The van der Waals surface area contributed by atoms with Crippen LogP contribution in [0.2, 0.25) is 5.02 Å². The fourth-order valence-electron chi connectivity index (χ4n) is 2.70. The zero-order valence-corrected chi connectivity index (χ0v) is 12.8. The number of rotatable bonds is 3. The first-order chi connectivity index (χ1) is 9.60. The summed E-state index contributed by atoms with van der Waals surface area (Å²) < 4.78 is 62.5. The molecule has 1 aliphatic rings. The number of sulfone groups is 1. The van der Waals surface area contributed by atoms with Gasteiger partial charge in [-0.25, -0.2) is 8.42 Å². The van der Waals surface area contributed by atoms with Gasteiger partial charge in [0.05, 0.1) is 21.5 Å². The van der Waals surface area contributed by atoms with Crippen LogP contribution in [0.25, 0.3) is 0 Å². The smallest absolute Gasteiger partial charge is 0.379 e. The van der Waals surface area contributed by atoms with E-state index in [1.165, 1.54) is 12.1 Å². The normalized spacial score (nSPS) is 23.3. The largest absolute Gasteiger partial charge is 0.418 e. The molecule has 0 heterocycles. The highest BCUT2D eigenvalue weighted by Crippen LogP contribution is 2.40. The molecular formula is C13H15ClF3NO2S. The molecule has 2 unspecified atom stereocenters. The van der Waals surface area contributed by atoms with Crippen molar-refractivity contribution in [3.05, 3.63) is 28.8 Å². The van der Waals surface area contributed by atoms with E-state index < -0.39 is 32.9 Å². The number of halogens is 4. The molecule has 1 aromatic rings. The maximum Gasteiger partial charge on any atom is 0.418 e. The van der Waals surface area contributed by atoms with Crippen LogP contribution in [-0.2, 0) is 16.0 Å². The fraction of sp³-hybridized carbons (Fsp3) is 0.538. The molecule has 21 heavy (non-hydrogen) atoms. The molecular weight excluding hydrogens is 327 g/mol. The maximum atomic E-state index is 13.0. The second kappa shape index (κ2) is 5.68. The van der Waals surface area contributed by atoms with E-state index in [0.29, 0.717) is 19.3 Å². The summed E-state index contributed by atoms with van der Waals surface area (Å²) in [5.41, 5.74) is -1.12. The molecule has 0 aromatic heterocycles. The van der Waals surface area contributed by atoms with Crippen LogP contribution in [0.3, 0.4) is 0 Å². The molecule has 1 N–H and O–H groups in total. The first-order valence-corrected chi connectivity index (χ1v) is 8.75. The van der Waals surface area contributed by atoms with E-state index in [2.05, 4.69) is 5.32 Å². The standard InChI is InChI=1S/C13H15ClF3NO2S/c1-21(19,20)11-7-3-6-10(11)18-12-8(13(15,16)17)4-2-5-9(12)14/h2,4-5,10-11,18H,3,6-7H2,1H3. The molecule has 1 aromatic carbocycles. The van der Waals surface area contributed by atoms with Crippen molar-refractivity contribution in [1.29, 1.82) is 0 Å². The topological polar surface area (TPSA) is 46.2 Å². The molecule has 3 nitrogen and oxygen atoms in total. The van der Waals surface area contributed by atoms with Crippen molar-refractivity contribution in [3.63, 3.8) is 0 Å². The van der Waals surface area contributed by atoms with Gasteiger partial charge in [0.1, 0.15) is 0 Å². The number of nitrogens with one attached hydrogen (secondary N) is 1. The third-order valence-corrected chi connectivity index (χ3v) is 5.63. The van der Waals surface area contributed by atoms with Gasteiger partial charge in [0.15, 0.2) is 9.84 Å². The second-order valence-electron chi connectivity index (χ2n) is 5.21. The van der Waals surface area contributed by atoms with Gasteiger partial charge in [-0.05, 0) is 31.4 Å². The third-order valence-electron chi connectivity index (χ3n) is 3.65. The molecule has 2 rings (SSSR count). The van der Waals surface area contributed by atoms with Gasteiger partial charge in [0, 0.05) is 12.3 Å². The predicted octanol–water partition coefficient (Wildman–Crippen LogP) is 3.74. The maximum absolute atomic E-state index is 13.0. The van der Waals surface area contributed by atoms with E-state index in [4.69, 9.17) is 11.6 Å². The first-order valence-electron chi connectivity index (χ1n) is 6.42. The molecule has 0 amide bonds. The van der Waals surface area contributed by atoms with Gasteiger partial charge < -0.3 is 5.32 Å². The molecule has 0 bridgehead atoms. The summed E-state index contributed by atoms with van der Waals surface area (Å²) >= 11 is 5.86. The molecule has 0 saturated heterocycles. The zero-order chi connectivity index (χ0) is 15.8. The second-order valence-corrected chi connectivity index (χ2v) is 7.88. The van der Waals surface area contributed by atoms with Gasteiger partial charge >= 0.3 is 6.18 Å². The summed E-state index contributed by atoms with van der Waals surface area (Å²) in [6.07, 6.45) is -1.84. The van der Waals surface area contributed by atoms with Crippen LogP contribution in [-0.4, -0.2) is 26.0 Å². The van der Waals surface area contributed by atoms with Crippen molar-refractivity contribution in [3.8, 4) is 0 Å². The molecule has 0 spiro atoms. The van der Waals surface area contributed by atoms with Crippen LogP contribution in [0.5, 0.6) is 0 Å². The Morgan fingerprint density at radius 2 is 1.95 bits per heavy atom. The summed E-state index contributed by atoms with van der Waals surface area (Å²) in [6.45, 7) is 0. The number of hydrogen-bond acceptors (Lipinski definition) is 3. The minimum Gasteiger partial charge on any atom is -0.379 e. The minimum atomic E-state index is -4.55. The molecule has 2 atom stereocenters. The van der Waals surface area contributed by atoms with Crippen LogP contribution in [0.4, 0.5) is 18.9 Å². The quantitative estimate of drug-likeness (QED) is 0.911. The minimum absolute atomic E-state index is 0.0658. The SMILES string of the molecule is CS(=O)(=O)C1CCCC1Nc1c(Cl)cccc1C(F)(F)F. The highest BCUT2D eigenvalue weighted by molar-refractivity contribution is 7.91. The van der Waals surface area contributed by atoms with E-state index >= 15 is 0 Å². The summed E-state index contributed by atoms with van der Waals surface area (Å²) in [7, 11) is -3.32. The Morgan fingerprint density at radius 1 is 1.29 bits per heavy atom. The van der Waals surface area contributed by atoms with E-state index in [0.717, 1.165) is 12.3 Å². The van der Waals surface area contributed by atoms with Crippen molar-refractivity contribution >= 4 is 27.1 Å². The lowest BCUT2D eigenvalue weighted by Crippen LogP contribution is -2.35. The average molecular weight is 342 g/mol. The van der Waals surface area contributed by atoms with Crippen LogP contribution in [0, 0.1) is 0 Å². The van der Waals surface area contributed by atoms with Crippen LogP contribution >= 0.6 is 11.6 Å². The Bertz CT molecular complexity index is 631. The number of para-hydroxylation sites is 1. The lowest BCUT2D eigenvalue weighted by atomic mass is 10.1. The van der Waals surface area contributed by atoms with Crippen molar-refractivity contribution < 1.29 is 21.6 Å². The van der Waals surface area contributed by atoms with Crippen LogP contribution in [0.15, 0.2) is 18.2 Å². The summed E-state index contributed by atoms with van der Waals surface area (Å²) in [5.74, 6) is 0. The van der Waals surface area contributed by atoms with Crippen LogP contribution < -0.4 is 5.32 Å². The number of anilines is 1. The van der Waals surface area contributed by atoms with Gasteiger partial charge in [-0.1, -0.05) is 17.7 Å². The van der Waals surface area contributed by atoms with E-state index in [1.54, 1.807) is 0 Å². The lowest BCUT2D eigenvalue weighted by Gasteiger charge is -2.24. The first kappa shape index (κ1) is 16.4. The highest BCUT2D eigenvalue weighted by atomic mass is 35.5. The summed E-state index contributed by atoms with van der Waals surface area (Å²) in [5, 5.41) is 1.96. The van der Waals surface area contributed by atoms with E-state index in [-0.39, 0.29) is 10.7 Å². The number of alkyl halides is 3. The molecule has 8 heteroatoms. The lowest BCUT2D eigenvalue weighted by molar-refractivity contribution is -0.137. The van der Waals surface area contributed by atoms with Crippen molar-refractivity contribution in [2.24, 2.45) is 0 Å². The number of benzene rings is 1. The van der Waals surface area contributed by atoms with E-state index in [1.807, 2.05) is 0 Å². The molecule has 0 radical (unpaired) electrons. The molecule has 118 valence electrons. The third kappa shape index (κ3) is 3.63. The summed E-state index contributed by atoms with van der Waals surface area (Å²) in [4.78, 5) is 0. The zero-order valence-electron chi connectivity index (χ0n) is 11.2. The molecule has 1 saturated carbocycles. The predicted molar refractivity (Wildman–Crippen MR) is 76.3 cm³/mol. The number of hydrogen-bond donors (Lipinski definition) is 1. The highest BCUT2D eigenvalue weighted by Gasteiger charge is 2.38. The Labute approximate surface area is 126 Å². The van der Waals surface area contributed by atoms with Crippen molar-refractivity contribution in [1.82, 2.24) is 0 Å². The van der Waals surface area contributed by atoms with Crippen molar-refractivity contribution in [2.45, 2.75) is 36.7 Å². The summed E-state index contributed by atoms with van der Waals surface area (Å²) in [6, 6.07) is 2.95. The van der Waals surface area contributed by atoms with Gasteiger partial charge in [0.25, 0.3) is 0 Å². The molecule has 0 aliphatic heterocycles. The monoisotopic (exact) mass is 341 g/mol. The van der Waals surface area contributed by atoms with Crippen LogP contribution in [0.1, 0.15) is 24.8 Å². The average Bonchev–Trinajstić information content (AvgIpc) is 2.78. The Balaban J connectivity index is 2.36. The Kier molecular flexibility index (Phi) is 4.44. The van der Waals surface area contributed by atoms with Gasteiger partial charge in [-0.15, -0.1) is 0 Å².